The molecule has 1 saturated heterocycles. The lowest BCUT2D eigenvalue weighted by Crippen LogP contribution is -2.46. The summed E-state index contributed by atoms with van der Waals surface area (Å²) in [5, 5.41) is 2.76. The molecule has 9 heteroatoms. The van der Waals surface area contributed by atoms with Gasteiger partial charge in [0.05, 0.1) is 16.6 Å². The van der Waals surface area contributed by atoms with E-state index in [-0.39, 0.29) is 40.8 Å². The SMILES string of the molecule is CCS(=O)(=O)c1ccc(C(=O)N2CCCC(C(=O)NCCN)C2)cc1.Cl. The molecule has 0 spiro atoms. The summed E-state index contributed by atoms with van der Waals surface area (Å²) in [4.78, 5) is 26.6. The highest BCUT2D eigenvalue weighted by Gasteiger charge is 2.28. The van der Waals surface area contributed by atoms with Gasteiger partial charge in [0.25, 0.3) is 5.91 Å². The van der Waals surface area contributed by atoms with E-state index in [1.54, 1.807) is 11.8 Å². The number of amides is 2. The molecule has 146 valence electrons. The fraction of sp³-hybridized carbons (Fsp3) is 0.529. The second-order valence-electron chi connectivity index (χ2n) is 6.10. The van der Waals surface area contributed by atoms with E-state index < -0.39 is 9.84 Å². The third kappa shape index (κ3) is 5.43. The zero-order valence-electron chi connectivity index (χ0n) is 14.8. The van der Waals surface area contributed by atoms with Crippen LogP contribution in [0.1, 0.15) is 30.1 Å². The van der Waals surface area contributed by atoms with Gasteiger partial charge in [-0.2, -0.15) is 0 Å². The van der Waals surface area contributed by atoms with Gasteiger partial charge in [0, 0.05) is 31.7 Å². The number of halogens is 1. The lowest BCUT2D eigenvalue weighted by Gasteiger charge is -2.32. The molecular weight excluding hydrogens is 378 g/mol. The van der Waals surface area contributed by atoms with Crippen LogP contribution in [0.15, 0.2) is 29.2 Å². The largest absolute Gasteiger partial charge is 0.355 e. The Hall–Kier alpha value is -1.64. The molecule has 1 atom stereocenters. The van der Waals surface area contributed by atoms with Gasteiger partial charge in [0.15, 0.2) is 9.84 Å². The highest BCUT2D eigenvalue weighted by atomic mass is 35.5. The molecule has 3 N–H and O–H groups in total. The summed E-state index contributed by atoms with van der Waals surface area (Å²) in [7, 11) is -3.28. The molecule has 0 bridgehead atoms. The molecule has 1 aromatic rings. The zero-order valence-corrected chi connectivity index (χ0v) is 16.4. The van der Waals surface area contributed by atoms with Crippen LogP contribution >= 0.6 is 12.4 Å². The van der Waals surface area contributed by atoms with E-state index >= 15 is 0 Å². The highest BCUT2D eigenvalue weighted by Crippen LogP contribution is 2.20. The number of rotatable bonds is 6. The maximum absolute atomic E-state index is 12.6. The van der Waals surface area contributed by atoms with Crippen molar-refractivity contribution in [3.63, 3.8) is 0 Å². The minimum absolute atomic E-state index is 0. The monoisotopic (exact) mass is 403 g/mol. The molecule has 0 aromatic heterocycles. The minimum Gasteiger partial charge on any atom is -0.355 e. The van der Waals surface area contributed by atoms with E-state index in [2.05, 4.69) is 5.32 Å². The van der Waals surface area contributed by atoms with Crippen molar-refractivity contribution in [1.82, 2.24) is 10.2 Å². The first-order chi connectivity index (χ1) is 11.9. The molecule has 1 unspecified atom stereocenters. The first-order valence-corrected chi connectivity index (χ1v) is 10.1. The van der Waals surface area contributed by atoms with E-state index in [9.17, 15) is 18.0 Å². The average molecular weight is 404 g/mol. The van der Waals surface area contributed by atoms with Crippen LogP contribution < -0.4 is 11.1 Å². The number of nitrogens with two attached hydrogens (primary N) is 1. The Bertz CT molecular complexity index is 722. The quantitative estimate of drug-likeness (QED) is 0.731. The summed E-state index contributed by atoms with van der Waals surface area (Å²) in [5.41, 5.74) is 5.82. The molecular formula is C17H26ClN3O4S. The summed E-state index contributed by atoms with van der Waals surface area (Å²) < 4.78 is 23.7. The molecule has 0 radical (unpaired) electrons. The normalized spacial score (nSPS) is 17.3. The Morgan fingerprint density at radius 3 is 2.50 bits per heavy atom. The second kappa shape index (κ2) is 9.89. The molecule has 2 amide bonds. The van der Waals surface area contributed by atoms with E-state index in [4.69, 9.17) is 5.73 Å². The van der Waals surface area contributed by atoms with Crippen LogP contribution in [0.4, 0.5) is 0 Å². The van der Waals surface area contributed by atoms with Crippen molar-refractivity contribution in [3.8, 4) is 0 Å². The standard InChI is InChI=1S/C17H25N3O4S.ClH/c1-2-25(23,24)15-7-5-13(6-8-15)17(22)20-11-3-4-14(12-20)16(21)19-10-9-18;/h5-8,14H,2-4,9-12,18H2,1H3,(H,19,21);1H. The maximum Gasteiger partial charge on any atom is 0.253 e. The number of nitrogens with one attached hydrogen (secondary N) is 1. The van der Waals surface area contributed by atoms with Crippen molar-refractivity contribution < 1.29 is 18.0 Å². The van der Waals surface area contributed by atoms with Crippen LogP contribution in [0.5, 0.6) is 0 Å². The van der Waals surface area contributed by atoms with Gasteiger partial charge >= 0.3 is 0 Å². The number of hydrogen-bond donors (Lipinski definition) is 2. The van der Waals surface area contributed by atoms with Crippen LogP contribution in [0, 0.1) is 5.92 Å². The Balaban J connectivity index is 0.00000338. The number of likely N-dealkylation sites (tertiary alicyclic amines) is 1. The Kier molecular flexibility index (Phi) is 8.52. The minimum atomic E-state index is -3.28. The van der Waals surface area contributed by atoms with Crippen molar-refractivity contribution in [2.24, 2.45) is 11.7 Å². The molecule has 2 rings (SSSR count). The predicted octanol–water partition coefficient (Wildman–Crippen LogP) is 0.829. The molecule has 7 nitrogen and oxygen atoms in total. The summed E-state index contributed by atoms with van der Waals surface area (Å²) in [6.45, 7) is 3.35. The molecule has 1 aromatic carbocycles. The number of hydrogen-bond acceptors (Lipinski definition) is 5. The maximum atomic E-state index is 12.6. The first-order valence-electron chi connectivity index (χ1n) is 8.49. The number of piperidine rings is 1. The summed E-state index contributed by atoms with van der Waals surface area (Å²) in [6.07, 6.45) is 1.50. The summed E-state index contributed by atoms with van der Waals surface area (Å²) in [5.74, 6) is -0.473. The van der Waals surface area contributed by atoms with E-state index in [0.29, 0.717) is 31.7 Å². The van der Waals surface area contributed by atoms with E-state index in [1.165, 1.54) is 24.3 Å². The van der Waals surface area contributed by atoms with Crippen LogP contribution in [-0.2, 0) is 14.6 Å². The number of sulfone groups is 1. The number of carbonyl (C=O) groups excluding carboxylic acids is 2. The summed E-state index contributed by atoms with van der Waals surface area (Å²) >= 11 is 0. The fourth-order valence-electron chi connectivity index (χ4n) is 2.87. The smallest absolute Gasteiger partial charge is 0.253 e. The van der Waals surface area contributed by atoms with Crippen molar-refractivity contribution in [1.29, 1.82) is 0 Å². The van der Waals surface area contributed by atoms with Crippen LogP contribution in [0.25, 0.3) is 0 Å². The van der Waals surface area contributed by atoms with Crippen molar-refractivity contribution in [2.75, 3.05) is 31.9 Å². The Morgan fingerprint density at radius 2 is 1.92 bits per heavy atom. The Morgan fingerprint density at radius 1 is 1.27 bits per heavy atom. The van der Waals surface area contributed by atoms with Gasteiger partial charge in [-0.25, -0.2) is 8.42 Å². The average Bonchev–Trinajstić information content (AvgIpc) is 2.65. The topological polar surface area (TPSA) is 110 Å². The fourth-order valence-corrected chi connectivity index (χ4v) is 3.75. The van der Waals surface area contributed by atoms with Gasteiger partial charge in [-0.05, 0) is 37.1 Å². The molecule has 0 aliphatic carbocycles. The van der Waals surface area contributed by atoms with Gasteiger partial charge < -0.3 is 16.0 Å². The molecule has 26 heavy (non-hydrogen) atoms. The first kappa shape index (κ1) is 22.4. The van der Waals surface area contributed by atoms with Gasteiger partial charge in [-0.15, -0.1) is 12.4 Å². The number of nitrogens with zero attached hydrogens (tertiary/aromatic N) is 1. The molecule has 1 heterocycles. The molecule has 0 saturated carbocycles. The zero-order chi connectivity index (χ0) is 18.4. The van der Waals surface area contributed by atoms with E-state index in [1.807, 2.05) is 0 Å². The number of benzene rings is 1. The van der Waals surface area contributed by atoms with E-state index in [0.717, 1.165) is 12.8 Å². The molecule has 1 aliphatic heterocycles. The van der Waals surface area contributed by atoms with Crippen molar-refractivity contribution >= 4 is 34.1 Å². The highest BCUT2D eigenvalue weighted by molar-refractivity contribution is 7.91. The number of carbonyl (C=O) groups is 2. The van der Waals surface area contributed by atoms with Gasteiger partial charge in [0.1, 0.15) is 0 Å². The molecule has 1 fully saturated rings. The van der Waals surface area contributed by atoms with Crippen molar-refractivity contribution in [2.45, 2.75) is 24.7 Å². The predicted molar refractivity (Wildman–Crippen MR) is 102 cm³/mol. The van der Waals surface area contributed by atoms with Gasteiger partial charge in [-0.3, -0.25) is 9.59 Å². The van der Waals surface area contributed by atoms with Gasteiger partial charge in [-0.1, -0.05) is 6.92 Å². The third-order valence-electron chi connectivity index (χ3n) is 4.36. The Labute approximate surface area is 160 Å². The van der Waals surface area contributed by atoms with Crippen LogP contribution in [0.2, 0.25) is 0 Å². The lowest BCUT2D eigenvalue weighted by atomic mass is 9.96. The van der Waals surface area contributed by atoms with Crippen LogP contribution in [-0.4, -0.2) is 57.1 Å². The third-order valence-corrected chi connectivity index (χ3v) is 6.11. The van der Waals surface area contributed by atoms with Crippen LogP contribution in [0.3, 0.4) is 0 Å². The summed E-state index contributed by atoms with van der Waals surface area (Å²) in [6, 6.07) is 5.98. The lowest BCUT2D eigenvalue weighted by molar-refractivity contribution is -0.126. The molecule has 1 aliphatic rings. The van der Waals surface area contributed by atoms with Gasteiger partial charge in [0.2, 0.25) is 5.91 Å². The second-order valence-corrected chi connectivity index (χ2v) is 8.38. The van der Waals surface area contributed by atoms with Crippen molar-refractivity contribution in [3.05, 3.63) is 29.8 Å².